The molecule has 0 aromatic rings. The zero-order chi connectivity index (χ0) is 10.4. The van der Waals surface area contributed by atoms with Crippen molar-refractivity contribution in [2.75, 3.05) is 7.11 Å². The Balaban J connectivity index is 3.84. The summed E-state index contributed by atoms with van der Waals surface area (Å²) in [5, 5.41) is 2.73. The molecule has 5 heteroatoms. The maximum Gasteiger partial charge on any atom is 0.249 e. The number of carbonyl (C=O) groups excluding carboxylic acids is 1. The molecule has 0 fully saturated rings. The molecule has 0 spiro atoms. The van der Waals surface area contributed by atoms with Gasteiger partial charge in [-0.1, -0.05) is 12.2 Å². The molecule has 0 aliphatic heterocycles. The summed E-state index contributed by atoms with van der Waals surface area (Å²) in [7, 11) is 1.49. The first-order valence-electron chi connectivity index (χ1n) is 4.08. The summed E-state index contributed by atoms with van der Waals surface area (Å²) in [6.07, 6.45) is 0.0751. The lowest BCUT2D eigenvalue weighted by molar-refractivity contribution is -0.130. The van der Waals surface area contributed by atoms with Crippen LogP contribution in [0.4, 0.5) is 0 Å². The predicted molar refractivity (Wildman–Crippen MR) is 55.5 cm³/mol. The summed E-state index contributed by atoms with van der Waals surface area (Å²) in [4.78, 5) is 11.6. The minimum atomic E-state index is -0.436. The van der Waals surface area contributed by atoms with E-state index in [1.807, 2.05) is 6.92 Å². The minimum absolute atomic E-state index is 0.0393. The largest absolute Gasteiger partial charge is 0.393 e. The van der Waals surface area contributed by atoms with Gasteiger partial charge in [-0.05, 0) is 13.8 Å². The molecule has 0 rings (SSSR count). The normalized spacial score (nSPS) is 14.7. The second-order valence-electron chi connectivity index (χ2n) is 2.96. The molecule has 0 saturated carbocycles. The molecule has 0 radical (unpaired) electrons. The number of nitrogens with two attached hydrogens (primary N) is 1. The number of amides is 1. The Kier molecular flexibility index (Phi) is 5.57. The first kappa shape index (κ1) is 12.3. The van der Waals surface area contributed by atoms with Crippen LogP contribution in [0.15, 0.2) is 0 Å². The Morgan fingerprint density at radius 1 is 1.62 bits per heavy atom. The highest BCUT2D eigenvalue weighted by Crippen LogP contribution is 1.94. The van der Waals surface area contributed by atoms with Gasteiger partial charge >= 0.3 is 0 Å². The van der Waals surface area contributed by atoms with E-state index in [0.717, 1.165) is 0 Å². The molecule has 0 bridgehead atoms. The van der Waals surface area contributed by atoms with Gasteiger partial charge in [0.1, 0.15) is 6.10 Å². The maximum atomic E-state index is 11.2. The van der Waals surface area contributed by atoms with Crippen molar-refractivity contribution in [2.24, 2.45) is 5.73 Å². The molecular formula is C8H16N2O2S. The standard InChI is InChI=1S/C8H16N2O2S/c1-5(4-7(9)13)10-8(11)6(2)12-3/h5-6H,4H2,1-3H3,(H2,9,13)(H,10,11). The summed E-state index contributed by atoms with van der Waals surface area (Å²) < 4.78 is 4.84. The molecule has 13 heavy (non-hydrogen) atoms. The van der Waals surface area contributed by atoms with Crippen LogP contribution in [-0.4, -0.2) is 30.2 Å². The molecule has 0 aromatic heterocycles. The van der Waals surface area contributed by atoms with Crippen LogP contribution in [0, 0.1) is 0 Å². The quantitative estimate of drug-likeness (QED) is 0.628. The summed E-state index contributed by atoms with van der Waals surface area (Å²) in [5.41, 5.74) is 5.33. The molecule has 3 N–H and O–H groups in total. The van der Waals surface area contributed by atoms with E-state index >= 15 is 0 Å². The summed E-state index contributed by atoms with van der Waals surface area (Å²) in [5.74, 6) is -0.147. The number of rotatable bonds is 5. The van der Waals surface area contributed by atoms with Gasteiger partial charge in [-0.3, -0.25) is 4.79 Å². The molecule has 0 aliphatic rings. The van der Waals surface area contributed by atoms with E-state index in [1.54, 1.807) is 6.92 Å². The van der Waals surface area contributed by atoms with Crippen LogP contribution in [0.3, 0.4) is 0 Å². The monoisotopic (exact) mass is 204 g/mol. The number of ether oxygens (including phenoxy) is 1. The van der Waals surface area contributed by atoms with Crippen molar-refractivity contribution in [3.05, 3.63) is 0 Å². The Labute approximate surface area is 83.8 Å². The number of thiocarbonyl (C=S) groups is 1. The Hall–Kier alpha value is -0.680. The number of hydrogen-bond donors (Lipinski definition) is 2. The van der Waals surface area contributed by atoms with Gasteiger partial charge in [-0.2, -0.15) is 0 Å². The molecule has 4 nitrogen and oxygen atoms in total. The van der Waals surface area contributed by atoms with Crippen LogP contribution in [0.2, 0.25) is 0 Å². The molecule has 76 valence electrons. The van der Waals surface area contributed by atoms with Gasteiger partial charge in [0, 0.05) is 19.6 Å². The molecule has 2 atom stereocenters. The van der Waals surface area contributed by atoms with Crippen LogP contribution in [0.25, 0.3) is 0 Å². The number of hydrogen-bond acceptors (Lipinski definition) is 3. The second-order valence-corrected chi connectivity index (χ2v) is 3.48. The highest BCUT2D eigenvalue weighted by molar-refractivity contribution is 7.80. The van der Waals surface area contributed by atoms with E-state index in [0.29, 0.717) is 11.4 Å². The number of carbonyl (C=O) groups is 1. The van der Waals surface area contributed by atoms with Gasteiger partial charge in [-0.25, -0.2) is 0 Å². The third kappa shape index (κ3) is 5.54. The van der Waals surface area contributed by atoms with Crippen LogP contribution in [0.1, 0.15) is 20.3 Å². The van der Waals surface area contributed by atoms with E-state index in [4.69, 9.17) is 22.7 Å². The van der Waals surface area contributed by atoms with Gasteiger partial charge in [-0.15, -0.1) is 0 Å². The zero-order valence-electron chi connectivity index (χ0n) is 8.16. The van der Waals surface area contributed by atoms with Gasteiger partial charge in [0.05, 0.1) is 4.99 Å². The maximum absolute atomic E-state index is 11.2. The number of methoxy groups -OCH3 is 1. The van der Waals surface area contributed by atoms with E-state index in [-0.39, 0.29) is 11.9 Å². The van der Waals surface area contributed by atoms with Crippen LogP contribution in [-0.2, 0) is 9.53 Å². The Morgan fingerprint density at radius 2 is 2.15 bits per heavy atom. The fraction of sp³-hybridized carbons (Fsp3) is 0.750. The average molecular weight is 204 g/mol. The fourth-order valence-electron chi connectivity index (χ4n) is 0.820. The third-order valence-electron chi connectivity index (χ3n) is 1.62. The molecular weight excluding hydrogens is 188 g/mol. The lowest BCUT2D eigenvalue weighted by Gasteiger charge is -2.15. The van der Waals surface area contributed by atoms with Crippen LogP contribution in [0.5, 0.6) is 0 Å². The summed E-state index contributed by atoms with van der Waals surface area (Å²) >= 11 is 4.71. The first-order chi connectivity index (χ1) is 5.97. The molecule has 0 heterocycles. The van der Waals surface area contributed by atoms with Crippen molar-refractivity contribution >= 4 is 23.1 Å². The SMILES string of the molecule is COC(C)C(=O)NC(C)CC(N)=S. The zero-order valence-corrected chi connectivity index (χ0v) is 8.98. The van der Waals surface area contributed by atoms with Crippen molar-refractivity contribution in [3.8, 4) is 0 Å². The lowest BCUT2D eigenvalue weighted by atomic mass is 10.2. The molecule has 0 saturated heterocycles. The van der Waals surface area contributed by atoms with E-state index in [9.17, 15) is 4.79 Å². The van der Waals surface area contributed by atoms with Gasteiger partial charge in [0.15, 0.2) is 0 Å². The highest BCUT2D eigenvalue weighted by atomic mass is 32.1. The Morgan fingerprint density at radius 3 is 2.54 bits per heavy atom. The summed E-state index contributed by atoms with van der Waals surface area (Å²) in [6.45, 7) is 3.53. The topological polar surface area (TPSA) is 64.3 Å². The highest BCUT2D eigenvalue weighted by Gasteiger charge is 2.14. The van der Waals surface area contributed by atoms with Crippen LogP contribution < -0.4 is 11.1 Å². The van der Waals surface area contributed by atoms with Crippen molar-refractivity contribution in [2.45, 2.75) is 32.4 Å². The smallest absolute Gasteiger partial charge is 0.249 e. The van der Waals surface area contributed by atoms with E-state index < -0.39 is 6.10 Å². The van der Waals surface area contributed by atoms with Gasteiger partial charge < -0.3 is 15.8 Å². The van der Waals surface area contributed by atoms with Crippen molar-refractivity contribution in [1.29, 1.82) is 0 Å². The summed E-state index contributed by atoms with van der Waals surface area (Å²) in [6, 6.07) is -0.0393. The van der Waals surface area contributed by atoms with Gasteiger partial charge in [0.25, 0.3) is 0 Å². The van der Waals surface area contributed by atoms with Crippen molar-refractivity contribution in [1.82, 2.24) is 5.32 Å². The molecule has 1 amide bonds. The predicted octanol–water partition coefficient (Wildman–Crippen LogP) is 0.202. The van der Waals surface area contributed by atoms with E-state index in [1.165, 1.54) is 7.11 Å². The third-order valence-corrected chi connectivity index (χ3v) is 1.79. The van der Waals surface area contributed by atoms with Crippen molar-refractivity contribution in [3.63, 3.8) is 0 Å². The lowest BCUT2D eigenvalue weighted by Crippen LogP contribution is -2.41. The molecule has 0 aromatic carbocycles. The number of nitrogens with one attached hydrogen (secondary N) is 1. The van der Waals surface area contributed by atoms with Gasteiger partial charge in [0.2, 0.25) is 5.91 Å². The average Bonchev–Trinajstić information content (AvgIpc) is 2.01. The van der Waals surface area contributed by atoms with Crippen molar-refractivity contribution < 1.29 is 9.53 Å². The molecule has 0 aliphatic carbocycles. The minimum Gasteiger partial charge on any atom is -0.393 e. The molecule has 2 unspecified atom stereocenters. The fourth-order valence-corrected chi connectivity index (χ4v) is 1.07. The van der Waals surface area contributed by atoms with Crippen LogP contribution >= 0.6 is 12.2 Å². The Bertz CT molecular complexity index is 197. The second kappa shape index (κ2) is 5.88. The van der Waals surface area contributed by atoms with E-state index in [2.05, 4.69) is 5.32 Å². The first-order valence-corrected chi connectivity index (χ1v) is 4.49.